The third-order valence-corrected chi connectivity index (χ3v) is 6.02. The van der Waals surface area contributed by atoms with Crippen LogP contribution < -0.4 is 0 Å². The Morgan fingerprint density at radius 1 is 0.941 bits per heavy atom. The molecule has 0 N–H and O–H groups in total. The van der Waals surface area contributed by atoms with Crippen molar-refractivity contribution >= 4 is 41.0 Å². The second-order valence-electron chi connectivity index (χ2n) is 8.89. The van der Waals surface area contributed by atoms with Crippen molar-refractivity contribution in [2.75, 3.05) is 0 Å². The predicted molar refractivity (Wildman–Crippen MR) is 156 cm³/mol. The molecule has 0 spiro atoms. The summed E-state index contributed by atoms with van der Waals surface area (Å²) in [6.07, 6.45) is 7.04. The van der Waals surface area contributed by atoms with Crippen LogP contribution in [0.5, 0.6) is 0 Å². The van der Waals surface area contributed by atoms with Gasteiger partial charge in [-0.25, -0.2) is 5.57 Å². The second-order valence-corrected chi connectivity index (χ2v) is 18.3. The Labute approximate surface area is 235 Å². The molecule has 0 bridgehead atoms. The fraction of sp³-hybridized carbons (Fsp3) is 0.367. The Bertz CT molecular complexity index is 1100. The van der Waals surface area contributed by atoms with Gasteiger partial charge in [-0.1, -0.05) is 81.5 Å². The van der Waals surface area contributed by atoms with Gasteiger partial charge in [0, 0.05) is 0 Å². The van der Waals surface area contributed by atoms with Crippen LogP contribution in [0.3, 0.4) is 0 Å². The molecule has 34 heavy (non-hydrogen) atoms. The third kappa shape index (κ3) is 9.69. The van der Waals surface area contributed by atoms with E-state index >= 15 is 0 Å². The first-order valence-corrected chi connectivity index (χ1v) is 18.0. The Balaban J connectivity index is 0.000000614. The van der Waals surface area contributed by atoms with Crippen LogP contribution in [0.2, 0.25) is 13.1 Å². The smallest absolute Gasteiger partial charge is 0.147 e. The standard InChI is InChI=1S/C19H19.C9H13.C2H6Si.2ClH.Zr/c1-2-3-8-15-9-4-6-11-17(15)19-14-13-16-10-5-7-12-18(16)19;1-6-5-7(2)9(4)8(6)3;1-3-2;;;/h4-7,9-14H,2-3,8H2,1H3;6H,1-4H3;1-2H3;2*1H;/q2*-1;;;;+2. The number of hydrogen-bond donors (Lipinski definition) is 0. The minimum atomic E-state index is 0. The van der Waals surface area contributed by atoms with Crippen LogP contribution in [0.4, 0.5) is 0 Å². The molecule has 3 aromatic carbocycles. The SMILES string of the molecule is CC1=[C-]C(C)C(C)=C1C.CCCCc1ccccc1-c1c[cH-]c2ccccc12.C[Si](C)=[Zr+2].Cl.Cl. The average molecular weight is 591 g/mol. The van der Waals surface area contributed by atoms with Crippen LogP contribution in [-0.4, -0.2) is 5.43 Å². The maximum absolute atomic E-state index is 3.36. The summed E-state index contributed by atoms with van der Waals surface area (Å²) in [5, 5.41) is 2.70. The van der Waals surface area contributed by atoms with Gasteiger partial charge in [-0.15, -0.1) is 78.4 Å². The molecule has 1 aliphatic carbocycles. The van der Waals surface area contributed by atoms with Gasteiger partial charge in [-0.3, -0.25) is 6.08 Å². The van der Waals surface area contributed by atoms with Crippen molar-refractivity contribution in [1.29, 1.82) is 0 Å². The van der Waals surface area contributed by atoms with Crippen molar-refractivity contribution in [3.05, 3.63) is 89.0 Å². The number of benzene rings is 2. The minimum absolute atomic E-state index is 0. The number of unbranched alkanes of at least 4 members (excludes halogenated alkanes) is 1. The number of allylic oxidation sites excluding steroid dienone is 4. The zero-order valence-corrected chi connectivity index (χ0v) is 26.9. The molecular weight excluding hydrogens is 551 g/mol. The monoisotopic (exact) mass is 588 g/mol. The summed E-state index contributed by atoms with van der Waals surface area (Å²) >= 11 is 1.74. The second kappa shape index (κ2) is 16.8. The van der Waals surface area contributed by atoms with E-state index in [1.165, 1.54) is 63.4 Å². The molecule has 0 nitrogen and oxygen atoms in total. The van der Waals surface area contributed by atoms with E-state index in [9.17, 15) is 0 Å². The quantitative estimate of drug-likeness (QED) is 0.210. The molecule has 0 amide bonds. The molecule has 0 aliphatic heterocycles. The van der Waals surface area contributed by atoms with Crippen LogP contribution in [-0.2, 0) is 29.8 Å². The normalized spacial score (nSPS) is 14.1. The zero-order chi connectivity index (χ0) is 23.7. The van der Waals surface area contributed by atoms with Crippen LogP contribution in [0.1, 0.15) is 53.0 Å². The number of hydrogen-bond acceptors (Lipinski definition) is 0. The molecule has 0 radical (unpaired) electrons. The molecule has 1 atom stereocenters. The van der Waals surface area contributed by atoms with Gasteiger partial charge >= 0.3 is 41.9 Å². The van der Waals surface area contributed by atoms with Gasteiger partial charge in [0.25, 0.3) is 0 Å². The Morgan fingerprint density at radius 2 is 1.53 bits per heavy atom. The molecule has 0 aromatic heterocycles. The minimum Gasteiger partial charge on any atom is -0.147 e. The molecule has 182 valence electrons. The topological polar surface area (TPSA) is 0 Å². The van der Waals surface area contributed by atoms with Crippen molar-refractivity contribution in [3.8, 4) is 11.1 Å². The maximum atomic E-state index is 3.36. The fourth-order valence-corrected chi connectivity index (χ4v) is 3.92. The van der Waals surface area contributed by atoms with Crippen molar-refractivity contribution in [2.45, 2.75) is 67.0 Å². The molecular formula is C30H40Cl2SiZr. The molecule has 0 saturated carbocycles. The van der Waals surface area contributed by atoms with E-state index < -0.39 is 0 Å². The Kier molecular flexibility index (Phi) is 16.4. The van der Waals surface area contributed by atoms with E-state index in [1.54, 1.807) is 23.3 Å². The van der Waals surface area contributed by atoms with Gasteiger partial charge < -0.3 is 0 Å². The molecule has 3 aromatic rings. The van der Waals surface area contributed by atoms with Gasteiger partial charge in [-0.2, -0.15) is 11.1 Å². The zero-order valence-electron chi connectivity index (χ0n) is 21.8. The van der Waals surface area contributed by atoms with E-state index in [4.69, 9.17) is 0 Å². The van der Waals surface area contributed by atoms with Crippen molar-refractivity contribution < 1.29 is 23.3 Å². The number of halogens is 2. The van der Waals surface area contributed by atoms with Crippen LogP contribution in [0.15, 0.2) is 77.4 Å². The summed E-state index contributed by atoms with van der Waals surface area (Å²) in [6.45, 7) is 15.5. The largest absolute Gasteiger partial charge is 0.147 e. The number of fused-ring (bicyclic) bond motifs is 1. The van der Waals surface area contributed by atoms with Crippen LogP contribution in [0, 0.1) is 12.0 Å². The predicted octanol–water partition coefficient (Wildman–Crippen LogP) is 9.92. The van der Waals surface area contributed by atoms with Gasteiger partial charge in [0.15, 0.2) is 0 Å². The third-order valence-electron chi connectivity index (χ3n) is 6.02. The van der Waals surface area contributed by atoms with E-state index in [-0.39, 0.29) is 30.2 Å². The number of rotatable bonds is 4. The number of aryl methyl sites for hydroxylation is 1. The van der Waals surface area contributed by atoms with Gasteiger partial charge in [0.1, 0.15) is 0 Å². The molecule has 4 rings (SSSR count). The van der Waals surface area contributed by atoms with Crippen LogP contribution in [0.25, 0.3) is 21.9 Å². The van der Waals surface area contributed by atoms with E-state index in [1.807, 2.05) is 0 Å². The summed E-state index contributed by atoms with van der Waals surface area (Å²) in [7, 11) is 0. The van der Waals surface area contributed by atoms with E-state index in [0.717, 1.165) is 0 Å². The molecule has 0 fully saturated rings. The van der Waals surface area contributed by atoms with Crippen LogP contribution >= 0.6 is 24.8 Å². The molecule has 0 heterocycles. The maximum Gasteiger partial charge on any atom is -0.147 e. The van der Waals surface area contributed by atoms with E-state index in [2.05, 4.69) is 114 Å². The first-order valence-electron chi connectivity index (χ1n) is 11.8. The van der Waals surface area contributed by atoms with Gasteiger partial charge in [0.2, 0.25) is 0 Å². The first-order chi connectivity index (χ1) is 15.3. The van der Waals surface area contributed by atoms with Gasteiger partial charge in [-0.05, 0) is 12.8 Å². The van der Waals surface area contributed by atoms with Crippen molar-refractivity contribution in [2.24, 2.45) is 5.92 Å². The summed E-state index contributed by atoms with van der Waals surface area (Å²) in [6, 6.07) is 22.0. The van der Waals surface area contributed by atoms with Gasteiger partial charge in [0.05, 0.1) is 0 Å². The summed E-state index contributed by atoms with van der Waals surface area (Å²) in [5.74, 6) is 0.560. The fourth-order valence-electron chi connectivity index (χ4n) is 3.92. The van der Waals surface area contributed by atoms with E-state index in [0.29, 0.717) is 5.92 Å². The molecule has 0 saturated heterocycles. The van der Waals surface area contributed by atoms with Crippen molar-refractivity contribution in [3.63, 3.8) is 0 Å². The molecule has 1 aliphatic rings. The Morgan fingerprint density at radius 3 is 2.06 bits per heavy atom. The average Bonchev–Trinajstić information content (AvgIpc) is 3.29. The molecule has 4 heteroatoms. The molecule has 1 unspecified atom stereocenters. The summed E-state index contributed by atoms with van der Waals surface area (Å²) in [5.41, 5.74) is 8.71. The summed E-state index contributed by atoms with van der Waals surface area (Å²) in [4.78, 5) is 0. The van der Waals surface area contributed by atoms with Crippen molar-refractivity contribution in [1.82, 2.24) is 0 Å². The summed E-state index contributed by atoms with van der Waals surface area (Å²) < 4.78 is 0. The first kappa shape index (κ1) is 33.2. The Hall–Kier alpha value is -0.790.